The zero-order valence-electron chi connectivity index (χ0n) is 13.1. The van der Waals surface area contributed by atoms with E-state index in [-0.39, 0.29) is 18.6 Å². The molecule has 2 aromatic rings. The summed E-state index contributed by atoms with van der Waals surface area (Å²) in [5.74, 6) is -0.101. The average molecular weight is 353 g/mol. The third kappa shape index (κ3) is 4.54. The lowest BCUT2D eigenvalue weighted by Crippen LogP contribution is -2.29. The van der Waals surface area contributed by atoms with E-state index in [0.717, 1.165) is 35.2 Å². The van der Waals surface area contributed by atoms with Gasteiger partial charge in [0.25, 0.3) is 0 Å². The highest BCUT2D eigenvalue weighted by atomic mass is 32.1. The molecule has 2 aromatic heterocycles. The van der Waals surface area contributed by atoms with E-state index in [1.807, 2.05) is 24.3 Å². The summed E-state index contributed by atoms with van der Waals surface area (Å²) in [6.45, 7) is 3.68. The highest BCUT2D eigenvalue weighted by Crippen LogP contribution is 2.31. The van der Waals surface area contributed by atoms with Crippen LogP contribution in [-0.4, -0.2) is 46.2 Å². The van der Waals surface area contributed by atoms with Crippen LogP contribution in [0.3, 0.4) is 0 Å². The highest BCUT2D eigenvalue weighted by Gasteiger charge is 2.22. The van der Waals surface area contributed by atoms with Gasteiger partial charge in [0.05, 0.1) is 13.1 Å². The Morgan fingerprint density at radius 1 is 1.52 bits per heavy atom. The Morgan fingerprint density at radius 3 is 3.09 bits per heavy atom. The van der Waals surface area contributed by atoms with E-state index < -0.39 is 0 Å². The molecule has 9 heteroatoms. The van der Waals surface area contributed by atoms with Gasteiger partial charge in [-0.05, 0) is 26.8 Å². The van der Waals surface area contributed by atoms with Crippen LogP contribution in [0.4, 0.5) is 5.13 Å². The molecule has 1 fully saturated rings. The summed E-state index contributed by atoms with van der Waals surface area (Å²) in [5, 5.41) is 15.3. The number of carbonyl (C=O) groups excluding carboxylic acids is 1. The lowest BCUT2D eigenvalue weighted by atomic mass is 10.2. The quantitative estimate of drug-likeness (QED) is 0.858. The van der Waals surface area contributed by atoms with E-state index in [1.165, 1.54) is 11.3 Å². The van der Waals surface area contributed by atoms with Crippen molar-refractivity contribution in [1.82, 2.24) is 20.1 Å². The third-order valence-corrected chi connectivity index (χ3v) is 5.26. The van der Waals surface area contributed by atoms with Crippen molar-refractivity contribution in [3.8, 4) is 0 Å². The fourth-order valence-corrected chi connectivity index (χ4v) is 4.05. The van der Waals surface area contributed by atoms with Crippen LogP contribution in [0.1, 0.15) is 34.7 Å². The van der Waals surface area contributed by atoms with Crippen LogP contribution in [0.15, 0.2) is 5.38 Å². The summed E-state index contributed by atoms with van der Waals surface area (Å²) < 4.78 is 5.57. The summed E-state index contributed by atoms with van der Waals surface area (Å²) in [4.78, 5) is 18.4. The van der Waals surface area contributed by atoms with Gasteiger partial charge < -0.3 is 4.74 Å². The van der Waals surface area contributed by atoms with Gasteiger partial charge >= 0.3 is 0 Å². The van der Waals surface area contributed by atoms with Gasteiger partial charge in [-0.3, -0.25) is 15.0 Å². The van der Waals surface area contributed by atoms with Gasteiger partial charge in [-0.25, -0.2) is 4.98 Å². The molecule has 0 radical (unpaired) electrons. The van der Waals surface area contributed by atoms with E-state index in [0.29, 0.717) is 11.7 Å². The average Bonchev–Trinajstić information content (AvgIpc) is 3.19. The topological polar surface area (TPSA) is 80.2 Å². The minimum Gasteiger partial charge on any atom is -0.371 e. The van der Waals surface area contributed by atoms with Gasteiger partial charge in [0.15, 0.2) is 0 Å². The van der Waals surface area contributed by atoms with Crippen molar-refractivity contribution in [2.45, 2.75) is 32.4 Å². The fourth-order valence-electron chi connectivity index (χ4n) is 2.35. The predicted molar refractivity (Wildman–Crippen MR) is 89.7 cm³/mol. The molecular formula is C14H19N5O2S2. The van der Waals surface area contributed by atoms with Gasteiger partial charge in [-0.1, -0.05) is 11.3 Å². The fraction of sp³-hybridized carbons (Fsp3) is 0.571. The van der Waals surface area contributed by atoms with Crippen LogP contribution in [0, 0.1) is 6.92 Å². The first-order valence-corrected chi connectivity index (χ1v) is 9.14. The minimum atomic E-state index is -0.101. The Labute approximate surface area is 142 Å². The molecule has 23 heavy (non-hydrogen) atoms. The molecule has 1 N–H and O–H groups in total. The van der Waals surface area contributed by atoms with E-state index >= 15 is 0 Å². The van der Waals surface area contributed by atoms with E-state index in [1.54, 1.807) is 11.3 Å². The number of nitrogens with one attached hydrogen (secondary N) is 1. The second-order valence-corrected chi connectivity index (χ2v) is 7.50. The van der Waals surface area contributed by atoms with Crippen molar-refractivity contribution in [1.29, 1.82) is 0 Å². The molecule has 1 atom stereocenters. The molecule has 1 aliphatic heterocycles. The summed E-state index contributed by atoms with van der Waals surface area (Å²) in [5.41, 5.74) is 1.01. The van der Waals surface area contributed by atoms with Crippen molar-refractivity contribution in [3.05, 3.63) is 21.1 Å². The SMILES string of the molecule is Cc1csc(CN(C)CC(=O)Nc2nnc([C@@H]3CCCO3)s2)n1. The Kier molecular flexibility index (Phi) is 5.31. The van der Waals surface area contributed by atoms with Gasteiger partial charge in [-0.2, -0.15) is 0 Å². The van der Waals surface area contributed by atoms with Crippen LogP contribution >= 0.6 is 22.7 Å². The monoisotopic (exact) mass is 353 g/mol. The number of hydrogen-bond acceptors (Lipinski definition) is 8. The number of amides is 1. The number of hydrogen-bond donors (Lipinski definition) is 1. The minimum absolute atomic E-state index is 0.0361. The number of nitrogens with zero attached hydrogens (tertiary/aromatic N) is 4. The number of carbonyl (C=O) groups is 1. The molecule has 0 bridgehead atoms. The third-order valence-electron chi connectivity index (χ3n) is 3.38. The second kappa shape index (κ2) is 7.43. The lowest BCUT2D eigenvalue weighted by Gasteiger charge is -2.13. The van der Waals surface area contributed by atoms with Crippen molar-refractivity contribution in [2.24, 2.45) is 0 Å². The van der Waals surface area contributed by atoms with Crippen molar-refractivity contribution in [2.75, 3.05) is 25.5 Å². The molecule has 3 heterocycles. The molecule has 7 nitrogen and oxygen atoms in total. The molecule has 0 aliphatic carbocycles. The Balaban J connectivity index is 1.48. The Morgan fingerprint density at radius 2 is 2.39 bits per heavy atom. The summed E-state index contributed by atoms with van der Waals surface area (Å²) >= 11 is 2.99. The maximum Gasteiger partial charge on any atom is 0.240 e. The standard InChI is InChI=1S/C14H19N5O2S2/c1-9-8-22-12(15-9)7-19(2)6-11(20)16-14-18-17-13(23-14)10-4-3-5-21-10/h8,10H,3-7H2,1-2H3,(H,16,18,20)/t10-/m0/s1. The lowest BCUT2D eigenvalue weighted by molar-refractivity contribution is -0.117. The van der Waals surface area contributed by atoms with Gasteiger partial charge in [-0.15, -0.1) is 21.5 Å². The first kappa shape index (κ1) is 16.4. The smallest absolute Gasteiger partial charge is 0.240 e. The number of rotatable bonds is 6. The summed E-state index contributed by atoms with van der Waals surface area (Å²) in [7, 11) is 1.90. The number of anilines is 1. The molecule has 0 spiro atoms. The number of ether oxygens (including phenoxy) is 1. The maximum atomic E-state index is 12.1. The molecule has 124 valence electrons. The first-order valence-electron chi connectivity index (χ1n) is 7.44. The van der Waals surface area contributed by atoms with Crippen LogP contribution < -0.4 is 5.32 Å². The van der Waals surface area contributed by atoms with E-state index in [4.69, 9.17) is 4.74 Å². The Bertz CT molecular complexity index is 666. The normalized spacial score (nSPS) is 17.8. The maximum absolute atomic E-state index is 12.1. The molecule has 0 aromatic carbocycles. The summed E-state index contributed by atoms with van der Waals surface area (Å²) in [6.07, 6.45) is 2.06. The van der Waals surface area contributed by atoms with Crippen LogP contribution in [0.25, 0.3) is 0 Å². The molecule has 1 aliphatic rings. The highest BCUT2D eigenvalue weighted by molar-refractivity contribution is 7.15. The molecule has 3 rings (SSSR count). The number of likely N-dealkylation sites (N-methyl/N-ethyl adjacent to an activating group) is 1. The second-order valence-electron chi connectivity index (χ2n) is 5.55. The molecule has 0 unspecified atom stereocenters. The molecule has 1 saturated heterocycles. The summed E-state index contributed by atoms with van der Waals surface area (Å²) in [6, 6.07) is 0. The van der Waals surface area contributed by atoms with Crippen molar-refractivity contribution >= 4 is 33.7 Å². The van der Waals surface area contributed by atoms with Crippen LogP contribution in [0.2, 0.25) is 0 Å². The number of aryl methyl sites for hydroxylation is 1. The molecule has 1 amide bonds. The van der Waals surface area contributed by atoms with Crippen LogP contribution in [-0.2, 0) is 16.1 Å². The number of thiazole rings is 1. The van der Waals surface area contributed by atoms with Crippen molar-refractivity contribution < 1.29 is 9.53 Å². The predicted octanol–water partition coefficient (Wildman–Crippen LogP) is 2.23. The van der Waals surface area contributed by atoms with Gasteiger partial charge in [0, 0.05) is 17.7 Å². The number of aromatic nitrogens is 3. The van der Waals surface area contributed by atoms with E-state index in [9.17, 15) is 4.79 Å². The van der Waals surface area contributed by atoms with Gasteiger partial charge in [0.2, 0.25) is 11.0 Å². The zero-order chi connectivity index (χ0) is 16.2. The van der Waals surface area contributed by atoms with Crippen LogP contribution in [0.5, 0.6) is 0 Å². The van der Waals surface area contributed by atoms with E-state index in [2.05, 4.69) is 20.5 Å². The molecule has 0 saturated carbocycles. The zero-order valence-corrected chi connectivity index (χ0v) is 14.7. The largest absolute Gasteiger partial charge is 0.371 e. The van der Waals surface area contributed by atoms with Crippen molar-refractivity contribution in [3.63, 3.8) is 0 Å². The van der Waals surface area contributed by atoms with Gasteiger partial charge in [0.1, 0.15) is 16.1 Å². The molecular weight excluding hydrogens is 334 g/mol. The Hall–Kier alpha value is -1.42. The first-order chi connectivity index (χ1) is 11.1.